The molecule has 9 heteroatoms. The van der Waals surface area contributed by atoms with Crippen LogP contribution in [0.2, 0.25) is 10.0 Å². The molecular formula is C31H30Cl2N2O5. The Morgan fingerprint density at radius 3 is 2.42 bits per heavy atom. The normalized spacial score (nSPS) is 14.1. The van der Waals surface area contributed by atoms with Crippen LogP contribution in [0, 0.1) is 11.3 Å². The summed E-state index contributed by atoms with van der Waals surface area (Å²) in [5, 5.41) is 10.4. The number of carbonyl (C=O) groups is 1. The summed E-state index contributed by atoms with van der Waals surface area (Å²) in [6.45, 7) is 5.11. The molecular weight excluding hydrogens is 551 g/mol. The van der Waals surface area contributed by atoms with Crippen LogP contribution >= 0.6 is 23.2 Å². The lowest BCUT2D eigenvalue weighted by Gasteiger charge is -2.28. The molecule has 0 fully saturated rings. The molecule has 0 aromatic heterocycles. The van der Waals surface area contributed by atoms with E-state index in [4.69, 9.17) is 47.9 Å². The monoisotopic (exact) mass is 580 g/mol. The number of allylic oxidation sites excluding steroid dienone is 1. The number of rotatable bonds is 11. The Hall–Kier alpha value is -3.86. The highest BCUT2D eigenvalue weighted by atomic mass is 35.5. The number of para-hydroxylation sites is 1. The average molecular weight is 581 g/mol. The van der Waals surface area contributed by atoms with Gasteiger partial charge in [-0.25, -0.2) is 4.79 Å². The zero-order valence-electron chi connectivity index (χ0n) is 22.3. The first kappa shape index (κ1) is 29.1. The van der Waals surface area contributed by atoms with Crippen LogP contribution < -0.4 is 24.7 Å². The lowest BCUT2D eigenvalue weighted by Crippen LogP contribution is -2.21. The molecule has 0 bridgehead atoms. The van der Waals surface area contributed by atoms with Crippen molar-refractivity contribution in [2.75, 3.05) is 13.2 Å². The summed E-state index contributed by atoms with van der Waals surface area (Å²) in [7, 11) is 0. The van der Waals surface area contributed by atoms with E-state index in [0.717, 1.165) is 31.2 Å². The van der Waals surface area contributed by atoms with Crippen LogP contribution in [0.25, 0.3) is 0 Å². The minimum Gasteiger partial charge on any atom is -0.493 e. The number of carbonyl (C=O) groups excluding carboxylic acids is 1. The van der Waals surface area contributed by atoms with Gasteiger partial charge in [0.15, 0.2) is 5.75 Å². The lowest BCUT2D eigenvalue weighted by molar-refractivity contribution is 0.0734. The van der Waals surface area contributed by atoms with Gasteiger partial charge in [-0.1, -0.05) is 74.2 Å². The van der Waals surface area contributed by atoms with Crippen molar-refractivity contribution in [3.8, 4) is 29.1 Å². The molecule has 0 amide bonds. The van der Waals surface area contributed by atoms with E-state index in [9.17, 15) is 10.1 Å². The standard InChI is InChI=1S/C31H30Cl2N2O5/c1-3-5-8-14-37-26-10-7-6-9-21(26)28-22-12-11-20(17-27(22)40-30(35)23(28)18-34)39-31(36)19-15-24(32)29(25(33)16-19)38-13-4-2/h6-7,9-12,15-17,28H,3-5,8,13-14,35H2,1-2H3. The summed E-state index contributed by atoms with van der Waals surface area (Å²) in [5.41, 5.74) is 8.12. The maximum absolute atomic E-state index is 12.9. The predicted octanol–water partition coefficient (Wildman–Crippen LogP) is 7.79. The van der Waals surface area contributed by atoms with Gasteiger partial charge in [-0.15, -0.1) is 0 Å². The van der Waals surface area contributed by atoms with E-state index in [2.05, 4.69) is 13.0 Å². The predicted molar refractivity (Wildman–Crippen MR) is 154 cm³/mol. The summed E-state index contributed by atoms with van der Waals surface area (Å²) < 4.78 is 23.1. The van der Waals surface area contributed by atoms with Gasteiger partial charge in [0.1, 0.15) is 28.9 Å². The third-order valence-electron chi connectivity index (χ3n) is 6.32. The Morgan fingerprint density at radius 1 is 0.975 bits per heavy atom. The van der Waals surface area contributed by atoms with Crippen LogP contribution in [0.4, 0.5) is 0 Å². The Morgan fingerprint density at radius 2 is 1.73 bits per heavy atom. The number of nitrogens with two attached hydrogens (primary N) is 1. The summed E-state index contributed by atoms with van der Waals surface area (Å²) >= 11 is 12.6. The van der Waals surface area contributed by atoms with E-state index in [1.54, 1.807) is 18.2 Å². The number of esters is 1. The smallest absolute Gasteiger partial charge is 0.343 e. The number of unbranched alkanes of at least 4 members (excludes halogenated alkanes) is 2. The van der Waals surface area contributed by atoms with Gasteiger partial charge in [0.25, 0.3) is 0 Å². The van der Waals surface area contributed by atoms with Gasteiger partial charge in [0, 0.05) is 17.2 Å². The van der Waals surface area contributed by atoms with Gasteiger partial charge in [-0.05, 0) is 37.1 Å². The fourth-order valence-corrected chi connectivity index (χ4v) is 4.99. The Bertz CT molecular complexity index is 1440. The van der Waals surface area contributed by atoms with E-state index in [-0.39, 0.29) is 32.8 Å². The van der Waals surface area contributed by atoms with Crippen molar-refractivity contribution in [2.45, 2.75) is 45.4 Å². The second kappa shape index (κ2) is 13.5. The highest BCUT2D eigenvalue weighted by Gasteiger charge is 2.33. The first-order valence-electron chi connectivity index (χ1n) is 13.1. The molecule has 1 aliphatic heterocycles. The highest BCUT2D eigenvalue weighted by Crippen LogP contribution is 2.46. The van der Waals surface area contributed by atoms with E-state index in [0.29, 0.717) is 36.0 Å². The molecule has 3 aromatic rings. The molecule has 4 rings (SSSR count). The van der Waals surface area contributed by atoms with Crippen LogP contribution in [0.15, 0.2) is 66.1 Å². The van der Waals surface area contributed by atoms with E-state index in [1.165, 1.54) is 12.1 Å². The van der Waals surface area contributed by atoms with Crippen molar-refractivity contribution in [2.24, 2.45) is 5.73 Å². The summed E-state index contributed by atoms with van der Waals surface area (Å²) in [4.78, 5) is 12.9. The fourth-order valence-electron chi connectivity index (χ4n) is 4.39. The average Bonchev–Trinajstić information content (AvgIpc) is 2.94. The third kappa shape index (κ3) is 6.47. The second-order valence-electron chi connectivity index (χ2n) is 9.22. The van der Waals surface area contributed by atoms with Crippen molar-refractivity contribution in [1.29, 1.82) is 5.26 Å². The molecule has 0 radical (unpaired) electrons. The van der Waals surface area contributed by atoms with Gasteiger partial charge in [-0.3, -0.25) is 0 Å². The number of hydrogen-bond acceptors (Lipinski definition) is 7. The Kier molecular flexibility index (Phi) is 9.81. The van der Waals surface area contributed by atoms with Crippen LogP contribution in [0.5, 0.6) is 23.0 Å². The zero-order chi connectivity index (χ0) is 28.6. The fraction of sp³-hybridized carbons (Fsp3) is 0.290. The van der Waals surface area contributed by atoms with E-state index < -0.39 is 11.9 Å². The number of hydrogen-bond donors (Lipinski definition) is 1. The summed E-state index contributed by atoms with van der Waals surface area (Å²) in [6.07, 6.45) is 3.86. The van der Waals surface area contributed by atoms with Crippen LogP contribution in [-0.4, -0.2) is 19.2 Å². The van der Waals surface area contributed by atoms with Crippen molar-refractivity contribution in [1.82, 2.24) is 0 Å². The first-order valence-corrected chi connectivity index (χ1v) is 13.9. The van der Waals surface area contributed by atoms with Crippen LogP contribution in [-0.2, 0) is 0 Å². The lowest BCUT2D eigenvalue weighted by atomic mass is 9.83. The molecule has 1 aliphatic rings. The number of nitrogens with zero attached hydrogens (tertiary/aromatic N) is 1. The van der Waals surface area contributed by atoms with Gasteiger partial charge in [0.2, 0.25) is 5.88 Å². The van der Waals surface area contributed by atoms with Crippen molar-refractivity contribution in [3.63, 3.8) is 0 Å². The maximum atomic E-state index is 12.9. The number of halogens is 2. The molecule has 0 saturated carbocycles. The molecule has 208 valence electrons. The molecule has 40 heavy (non-hydrogen) atoms. The topological polar surface area (TPSA) is 104 Å². The largest absolute Gasteiger partial charge is 0.493 e. The second-order valence-corrected chi connectivity index (χ2v) is 10.0. The Balaban J connectivity index is 1.62. The maximum Gasteiger partial charge on any atom is 0.343 e. The molecule has 2 N–H and O–H groups in total. The van der Waals surface area contributed by atoms with Crippen molar-refractivity contribution in [3.05, 3.63) is 92.8 Å². The summed E-state index contributed by atoms with van der Waals surface area (Å²) in [5.74, 6) is 0.378. The zero-order valence-corrected chi connectivity index (χ0v) is 23.8. The molecule has 7 nitrogen and oxygen atoms in total. The first-order chi connectivity index (χ1) is 19.4. The molecule has 1 unspecified atom stereocenters. The molecule has 1 heterocycles. The minimum absolute atomic E-state index is 0.0227. The van der Waals surface area contributed by atoms with Gasteiger partial charge in [0.05, 0.1) is 34.7 Å². The van der Waals surface area contributed by atoms with E-state index in [1.807, 2.05) is 31.2 Å². The molecule has 0 saturated heterocycles. The van der Waals surface area contributed by atoms with E-state index >= 15 is 0 Å². The van der Waals surface area contributed by atoms with Gasteiger partial charge >= 0.3 is 5.97 Å². The van der Waals surface area contributed by atoms with Crippen LogP contribution in [0.3, 0.4) is 0 Å². The molecule has 1 atom stereocenters. The third-order valence-corrected chi connectivity index (χ3v) is 6.88. The van der Waals surface area contributed by atoms with Gasteiger partial charge in [-0.2, -0.15) is 5.26 Å². The van der Waals surface area contributed by atoms with Crippen molar-refractivity contribution >= 4 is 29.2 Å². The Labute approximate surface area is 244 Å². The number of benzene rings is 3. The molecule has 3 aromatic carbocycles. The summed E-state index contributed by atoms with van der Waals surface area (Å²) in [6, 6.07) is 17.6. The number of ether oxygens (including phenoxy) is 4. The molecule has 0 spiro atoms. The number of fused-ring (bicyclic) bond motifs is 1. The van der Waals surface area contributed by atoms with Crippen LogP contribution in [0.1, 0.15) is 66.9 Å². The number of nitriles is 1. The SMILES string of the molecule is CCCCCOc1ccccc1C1C(C#N)=C(N)Oc2cc(OC(=O)c3cc(Cl)c(OCCC)c(Cl)c3)ccc21. The van der Waals surface area contributed by atoms with Gasteiger partial charge < -0.3 is 24.7 Å². The molecule has 0 aliphatic carbocycles. The quantitative estimate of drug-likeness (QED) is 0.140. The highest BCUT2D eigenvalue weighted by molar-refractivity contribution is 6.37. The van der Waals surface area contributed by atoms with Crippen molar-refractivity contribution < 1.29 is 23.7 Å². The minimum atomic E-state index is -0.662.